The first-order valence-corrected chi connectivity index (χ1v) is 13.2. The zero-order valence-corrected chi connectivity index (χ0v) is 21.2. The topological polar surface area (TPSA) is 4.93 Å². The van der Waals surface area contributed by atoms with Gasteiger partial charge in [-0.2, -0.15) is 0 Å². The summed E-state index contributed by atoms with van der Waals surface area (Å²) in [5.74, 6) is 0. The van der Waals surface area contributed by atoms with Gasteiger partial charge in [0.1, 0.15) is 0 Å². The summed E-state index contributed by atoms with van der Waals surface area (Å²) in [5.41, 5.74) is 8.90. The minimum atomic E-state index is -0.991. The van der Waals surface area contributed by atoms with Crippen LogP contribution in [0.15, 0.2) is 57.6 Å². The van der Waals surface area contributed by atoms with Crippen LogP contribution in [-0.2, 0) is 22.9 Å². The van der Waals surface area contributed by atoms with Crippen molar-refractivity contribution in [2.24, 2.45) is 0 Å². The Bertz CT molecular complexity index is 905. The van der Waals surface area contributed by atoms with Crippen LogP contribution in [0.2, 0.25) is 0 Å². The molecule has 0 amide bonds. The van der Waals surface area contributed by atoms with Gasteiger partial charge in [0, 0.05) is 0 Å². The molecule has 27 heavy (non-hydrogen) atoms. The van der Waals surface area contributed by atoms with Crippen LogP contribution in [0.3, 0.4) is 0 Å². The van der Waals surface area contributed by atoms with Gasteiger partial charge in [-0.25, -0.2) is 0 Å². The molecule has 2 aliphatic carbocycles. The van der Waals surface area contributed by atoms with Crippen LogP contribution >= 0.6 is 0 Å². The fraction of sp³-hybridized carbons (Fsp3) is 0.304. The Morgan fingerprint density at radius 2 is 1.93 bits per heavy atom. The van der Waals surface area contributed by atoms with Crippen molar-refractivity contribution >= 4 is 11.8 Å². The van der Waals surface area contributed by atoms with E-state index in [2.05, 4.69) is 80.1 Å². The predicted molar refractivity (Wildman–Crippen MR) is 103 cm³/mol. The molecule has 0 fully saturated rings. The van der Waals surface area contributed by atoms with Gasteiger partial charge in [0.15, 0.2) is 0 Å². The molecule has 0 N–H and O–H groups in total. The van der Waals surface area contributed by atoms with Crippen LogP contribution in [-0.4, -0.2) is 4.57 Å². The summed E-state index contributed by atoms with van der Waals surface area (Å²) < 4.78 is 4.94. The summed E-state index contributed by atoms with van der Waals surface area (Å²) >= 11 is -0.991. The largest absolute Gasteiger partial charge is 1.00 e. The third-order valence-corrected chi connectivity index (χ3v) is 11.6. The number of nitrogens with zero attached hydrogens (tertiary/aromatic N) is 1. The molecule has 2 aromatic rings. The maximum absolute atomic E-state index is 2.45. The SMILES string of the molecule is CCCC1=[C]([Hf+2][CH]2C(n3cc(C)cc3C)=Cc3ccccc32)CC=C1.[Cl-].[Cl-]. The van der Waals surface area contributed by atoms with E-state index in [1.54, 1.807) is 11.1 Å². The van der Waals surface area contributed by atoms with E-state index >= 15 is 0 Å². The second-order valence-corrected chi connectivity index (χ2v) is 12.4. The van der Waals surface area contributed by atoms with Crippen molar-refractivity contribution in [3.8, 4) is 0 Å². The van der Waals surface area contributed by atoms with Crippen LogP contribution in [0.1, 0.15) is 52.2 Å². The van der Waals surface area contributed by atoms with E-state index in [1.807, 2.05) is 3.33 Å². The summed E-state index contributed by atoms with van der Waals surface area (Å²) in [5, 5.41) is 0. The smallest absolute Gasteiger partial charge is 1.00 e. The number of halogens is 2. The van der Waals surface area contributed by atoms with Gasteiger partial charge >= 0.3 is 163 Å². The van der Waals surface area contributed by atoms with Gasteiger partial charge in [0.2, 0.25) is 0 Å². The quantitative estimate of drug-likeness (QED) is 0.460. The summed E-state index contributed by atoms with van der Waals surface area (Å²) in [7, 11) is 0. The Hall–Kier alpha value is -0.830. The van der Waals surface area contributed by atoms with E-state index in [0.717, 1.165) is 0 Å². The van der Waals surface area contributed by atoms with Crippen molar-refractivity contribution in [1.82, 2.24) is 4.57 Å². The van der Waals surface area contributed by atoms with Crippen molar-refractivity contribution < 1.29 is 47.7 Å². The molecular weight excluding hydrogens is 540 g/mol. The Labute approximate surface area is 186 Å². The minimum Gasteiger partial charge on any atom is -1.00 e. The number of rotatable bonds is 5. The van der Waals surface area contributed by atoms with Gasteiger partial charge < -0.3 is 24.8 Å². The van der Waals surface area contributed by atoms with Crippen LogP contribution < -0.4 is 24.8 Å². The van der Waals surface area contributed by atoms with E-state index in [-0.39, 0.29) is 24.8 Å². The van der Waals surface area contributed by atoms with Gasteiger partial charge in [-0.1, -0.05) is 0 Å². The van der Waals surface area contributed by atoms with Gasteiger partial charge in [0.25, 0.3) is 0 Å². The Kier molecular flexibility index (Phi) is 7.97. The number of fused-ring (bicyclic) bond motifs is 1. The molecule has 4 rings (SSSR count). The van der Waals surface area contributed by atoms with Crippen LogP contribution in [0.25, 0.3) is 11.8 Å². The molecule has 0 saturated heterocycles. The monoisotopic (exact) mass is 565 g/mol. The average molecular weight is 565 g/mol. The van der Waals surface area contributed by atoms with Crippen LogP contribution in [0.5, 0.6) is 0 Å². The fourth-order valence-electron chi connectivity index (χ4n) is 4.07. The van der Waals surface area contributed by atoms with Crippen molar-refractivity contribution in [3.63, 3.8) is 0 Å². The molecule has 2 aliphatic rings. The molecule has 1 heterocycles. The normalized spacial score (nSPS) is 17.1. The molecule has 1 aromatic carbocycles. The van der Waals surface area contributed by atoms with Gasteiger partial charge in [-0.05, 0) is 0 Å². The molecule has 1 nitrogen and oxygen atoms in total. The molecule has 0 radical (unpaired) electrons. The Morgan fingerprint density at radius 1 is 1.15 bits per heavy atom. The predicted octanol–water partition coefficient (Wildman–Crippen LogP) is 0.262. The molecule has 0 bridgehead atoms. The molecule has 0 saturated carbocycles. The van der Waals surface area contributed by atoms with Gasteiger partial charge in [-0.15, -0.1) is 0 Å². The standard InChI is InChI=1S/C15H14N.C8H11.2ClH.Hf/c1-11-7-12(2)16(10-11)15-8-13-5-3-4-6-14(13)9-15;1-2-5-8-6-3-4-7-8;;;/h3-10H,1-2H3;3,6H,2,4-5H2,1H3;2*1H;/q;;;;+2/p-2. The first kappa shape index (κ1) is 22.5. The van der Waals surface area contributed by atoms with Crippen molar-refractivity contribution in [3.05, 3.63) is 80.0 Å². The fourth-order valence-corrected chi connectivity index (χ4v) is 10.4. The number of hydrogen-bond acceptors (Lipinski definition) is 0. The number of benzene rings is 1. The van der Waals surface area contributed by atoms with Crippen molar-refractivity contribution in [2.75, 3.05) is 0 Å². The zero-order valence-electron chi connectivity index (χ0n) is 16.1. The Morgan fingerprint density at radius 3 is 2.63 bits per heavy atom. The number of hydrogen-bond donors (Lipinski definition) is 0. The van der Waals surface area contributed by atoms with Gasteiger partial charge in [-0.3, -0.25) is 0 Å². The minimum absolute atomic E-state index is 0. The molecule has 1 aromatic heterocycles. The van der Waals surface area contributed by atoms with Crippen molar-refractivity contribution in [1.29, 1.82) is 0 Å². The van der Waals surface area contributed by atoms with Crippen LogP contribution in [0.4, 0.5) is 0 Å². The number of aromatic nitrogens is 1. The zero-order chi connectivity index (χ0) is 17.4. The summed E-state index contributed by atoms with van der Waals surface area (Å²) in [6, 6.07) is 11.3. The number of aryl methyl sites for hydroxylation is 2. The number of allylic oxidation sites excluding steroid dienone is 5. The summed E-state index contributed by atoms with van der Waals surface area (Å²) in [6.45, 7) is 6.74. The molecule has 1 unspecified atom stereocenters. The molecule has 140 valence electrons. The molecule has 1 atom stereocenters. The third kappa shape index (κ3) is 4.44. The third-order valence-electron chi connectivity index (χ3n) is 5.20. The molecular formula is C23H25Cl2HfN. The molecule has 0 spiro atoms. The summed E-state index contributed by atoms with van der Waals surface area (Å²) in [6.07, 6.45) is 13.3. The maximum Gasteiger partial charge on any atom is -1.00 e. The first-order valence-electron chi connectivity index (χ1n) is 9.29. The second-order valence-electron chi connectivity index (χ2n) is 7.16. The summed E-state index contributed by atoms with van der Waals surface area (Å²) in [4.78, 5) is 0. The van der Waals surface area contributed by atoms with Crippen LogP contribution in [0, 0.1) is 13.8 Å². The maximum atomic E-state index is 2.45. The van der Waals surface area contributed by atoms with E-state index < -0.39 is 22.9 Å². The second kappa shape index (κ2) is 9.58. The first-order chi connectivity index (χ1) is 12.2. The van der Waals surface area contributed by atoms with E-state index in [4.69, 9.17) is 0 Å². The Balaban J connectivity index is 0.00000131. The van der Waals surface area contributed by atoms with Gasteiger partial charge in [0.05, 0.1) is 0 Å². The van der Waals surface area contributed by atoms with Crippen molar-refractivity contribution in [2.45, 2.75) is 43.7 Å². The van der Waals surface area contributed by atoms with E-state index in [0.29, 0.717) is 3.67 Å². The molecule has 4 heteroatoms. The van der Waals surface area contributed by atoms with E-state index in [9.17, 15) is 0 Å². The molecule has 0 aliphatic heterocycles. The average Bonchev–Trinajstić information content (AvgIpc) is 3.27. The van der Waals surface area contributed by atoms with E-state index in [1.165, 1.54) is 41.8 Å².